The molecule has 1 aliphatic carbocycles. The van der Waals surface area contributed by atoms with E-state index in [1.807, 2.05) is 47.8 Å². The summed E-state index contributed by atoms with van der Waals surface area (Å²) in [5.41, 5.74) is 3.52. The molecule has 5 rings (SSSR count). The number of Topliss-reactive ketones (excluding diaryl/α,β-unsaturated/α-hetero) is 1. The summed E-state index contributed by atoms with van der Waals surface area (Å²) >= 11 is 1.64. The number of hydrogen-bond acceptors (Lipinski definition) is 5. The van der Waals surface area contributed by atoms with Crippen LogP contribution in [0.3, 0.4) is 0 Å². The molecule has 0 fully saturated rings. The molecule has 1 N–H and O–H groups in total. The molecule has 178 valence electrons. The van der Waals surface area contributed by atoms with Crippen LogP contribution < -0.4 is 5.32 Å². The second-order valence-corrected chi connectivity index (χ2v) is 9.90. The minimum atomic E-state index is -0.798. The van der Waals surface area contributed by atoms with Crippen LogP contribution in [-0.2, 0) is 20.7 Å². The van der Waals surface area contributed by atoms with Gasteiger partial charge in [0.1, 0.15) is 5.82 Å². The normalized spacial score (nSPS) is 19.9. The van der Waals surface area contributed by atoms with Crippen LogP contribution in [0.2, 0.25) is 0 Å². The summed E-state index contributed by atoms with van der Waals surface area (Å²) < 4.78 is 20.7. The molecule has 6 heteroatoms. The summed E-state index contributed by atoms with van der Waals surface area (Å²) in [5, 5.41) is 5.33. The number of ketones is 1. The predicted octanol–water partition coefficient (Wildman–Crippen LogP) is 6.03. The molecule has 0 unspecified atom stereocenters. The minimum absolute atomic E-state index is 0.0625. The molecular weight excluding hydrogens is 461 g/mol. The van der Waals surface area contributed by atoms with E-state index < -0.39 is 17.7 Å². The number of allylic oxidation sites excluding steroid dienone is 3. The van der Waals surface area contributed by atoms with E-state index in [4.69, 9.17) is 4.74 Å². The van der Waals surface area contributed by atoms with Crippen molar-refractivity contribution in [1.82, 2.24) is 5.32 Å². The summed E-state index contributed by atoms with van der Waals surface area (Å²) in [7, 11) is 0. The Kier molecular flexibility index (Phi) is 6.64. The van der Waals surface area contributed by atoms with Gasteiger partial charge in [-0.3, -0.25) is 4.79 Å². The lowest BCUT2D eigenvalue weighted by Crippen LogP contribution is -2.36. The van der Waals surface area contributed by atoms with Crippen molar-refractivity contribution in [2.75, 3.05) is 6.61 Å². The monoisotopic (exact) mass is 487 g/mol. The highest BCUT2D eigenvalue weighted by atomic mass is 32.1. The lowest BCUT2D eigenvalue weighted by molar-refractivity contribution is -0.139. The number of dihydropyridines is 1. The first kappa shape index (κ1) is 23.2. The molecule has 3 aromatic rings. The number of benzene rings is 2. The molecule has 2 heterocycles. The van der Waals surface area contributed by atoms with E-state index in [2.05, 4.69) is 5.32 Å². The van der Waals surface area contributed by atoms with Crippen molar-refractivity contribution in [3.05, 3.63) is 116 Å². The van der Waals surface area contributed by atoms with Crippen LogP contribution in [-0.4, -0.2) is 18.4 Å². The van der Waals surface area contributed by atoms with Crippen LogP contribution in [0.1, 0.15) is 47.6 Å². The Morgan fingerprint density at radius 3 is 2.57 bits per heavy atom. The fraction of sp³-hybridized carbons (Fsp3) is 0.241. The zero-order chi connectivity index (χ0) is 24.4. The first-order valence-corrected chi connectivity index (χ1v) is 12.6. The molecule has 0 amide bonds. The fourth-order valence-electron chi connectivity index (χ4n) is 5.04. The maximum atomic E-state index is 15.1. The van der Waals surface area contributed by atoms with E-state index in [1.165, 1.54) is 6.07 Å². The number of rotatable bonds is 6. The van der Waals surface area contributed by atoms with Crippen LogP contribution in [0.5, 0.6) is 0 Å². The Bertz CT molecular complexity index is 1310. The molecule has 2 aliphatic rings. The van der Waals surface area contributed by atoms with Crippen molar-refractivity contribution in [3.8, 4) is 0 Å². The lowest BCUT2D eigenvalue weighted by atomic mass is 9.72. The van der Waals surface area contributed by atoms with Crippen molar-refractivity contribution in [2.45, 2.75) is 38.0 Å². The Labute approximate surface area is 208 Å². The van der Waals surface area contributed by atoms with Gasteiger partial charge in [0.15, 0.2) is 5.78 Å². The third kappa shape index (κ3) is 4.71. The molecule has 4 nitrogen and oxygen atoms in total. The van der Waals surface area contributed by atoms with Crippen LogP contribution >= 0.6 is 11.3 Å². The molecule has 0 bridgehead atoms. The molecule has 35 heavy (non-hydrogen) atoms. The second-order valence-electron chi connectivity index (χ2n) is 8.93. The van der Waals surface area contributed by atoms with E-state index in [1.54, 1.807) is 36.5 Å². The van der Waals surface area contributed by atoms with Gasteiger partial charge in [-0.1, -0.05) is 54.6 Å². The summed E-state index contributed by atoms with van der Waals surface area (Å²) in [5.74, 6) is -1.76. The zero-order valence-corrected chi connectivity index (χ0v) is 20.2. The highest BCUT2D eigenvalue weighted by molar-refractivity contribution is 7.10. The van der Waals surface area contributed by atoms with Gasteiger partial charge in [-0.05, 0) is 36.4 Å². The van der Waals surface area contributed by atoms with Crippen LogP contribution in [0, 0.1) is 5.82 Å². The Morgan fingerprint density at radius 2 is 1.83 bits per heavy atom. The zero-order valence-electron chi connectivity index (χ0n) is 19.4. The van der Waals surface area contributed by atoms with Gasteiger partial charge in [0, 0.05) is 46.2 Å². The molecule has 0 saturated carbocycles. The first-order valence-electron chi connectivity index (χ1n) is 11.8. The molecule has 1 aromatic heterocycles. The molecule has 2 atom stereocenters. The highest BCUT2D eigenvalue weighted by Gasteiger charge is 2.42. The van der Waals surface area contributed by atoms with Gasteiger partial charge in [0.25, 0.3) is 0 Å². The van der Waals surface area contributed by atoms with E-state index in [9.17, 15) is 9.59 Å². The number of esters is 1. The molecule has 2 aromatic carbocycles. The van der Waals surface area contributed by atoms with Gasteiger partial charge in [-0.25, -0.2) is 9.18 Å². The van der Waals surface area contributed by atoms with Crippen molar-refractivity contribution >= 4 is 23.1 Å². The average Bonchev–Trinajstić information content (AvgIpc) is 3.39. The Balaban J connectivity index is 1.47. The summed E-state index contributed by atoms with van der Waals surface area (Å²) in [4.78, 5) is 28.0. The molecule has 1 aliphatic heterocycles. The standard InChI is InChI=1S/C29H26FNO3S/c1-18-26(29(33)34-14-13-19-8-3-2-4-9-19)27(21-10-5-6-11-22(21)30)28-23(31-18)16-20(17-24(28)32)25-12-7-15-35-25/h2-12,15,20,27,31H,13-14,16-17H2,1H3/t20-,27+/m0/s1. The van der Waals surface area contributed by atoms with Gasteiger partial charge in [-0.15, -0.1) is 11.3 Å². The quantitative estimate of drug-likeness (QED) is 0.431. The minimum Gasteiger partial charge on any atom is -0.462 e. The fourth-order valence-corrected chi connectivity index (χ4v) is 5.87. The van der Waals surface area contributed by atoms with E-state index in [-0.39, 0.29) is 18.3 Å². The maximum Gasteiger partial charge on any atom is 0.336 e. The maximum absolute atomic E-state index is 15.1. The van der Waals surface area contributed by atoms with Gasteiger partial charge in [-0.2, -0.15) is 0 Å². The van der Waals surface area contributed by atoms with E-state index >= 15 is 4.39 Å². The third-order valence-corrected chi connectivity index (χ3v) is 7.71. The summed E-state index contributed by atoms with van der Waals surface area (Å²) in [6.07, 6.45) is 1.55. The van der Waals surface area contributed by atoms with Gasteiger partial charge < -0.3 is 10.1 Å². The molecule has 0 saturated heterocycles. The largest absolute Gasteiger partial charge is 0.462 e. The number of halogens is 1. The van der Waals surface area contributed by atoms with Crippen molar-refractivity contribution in [1.29, 1.82) is 0 Å². The smallest absolute Gasteiger partial charge is 0.336 e. The molecule has 0 spiro atoms. The SMILES string of the molecule is CC1=C(C(=O)OCCc2ccccc2)[C@@H](c2ccccc2F)C2=C(C[C@H](c3cccs3)CC2=O)N1. The van der Waals surface area contributed by atoms with E-state index in [0.29, 0.717) is 41.7 Å². The average molecular weight is 488 g/mol. The van der Waals surface area contributed by atoms with Crippen molar-refractivity contribution in [2.24, 2.45) is 0 Å². The Hall–Kier alpha value is -3.51. The topological polar surface area (TPSA) is 55.4 Å². The summed E-state index contributed by atoms with van der Waals surface area (Å²) in [6, 6.07) is 20.2. The second kappa shape index (κ2) is 10.0. The van der Waals surface area contributed by atoms with Crippen molar-refractivity contribution in [3.63, 3.8) is 0 Å². The third-order valence-electron chi connectivity index (χ3n) is 6.68. The van der Waals surface area contributed by atoms with Gasteiger partial charge in [0.05, 0.1) is 18.1 Å². The number of nitrogens with one attached hydrogen (secondary N) is 1. The van der Waals surface area contributed by atoms with Crippen molar-refractivity contribution < 1.29 is 18.7 Å². The number of carbonyl (C=O) groups is 2. The number of hydrogen-bond donors (Lipinski definition) is 1. The Morgan fingerprint density at radius 1 is 1.06 bits per heavy atom. The molecule has 0 radical (unpaired) electrons. The van der Waals surface area contributed by atoms with Gasteiger partial charge >= 0.3 is 5.97 Å². The first-order chi connectivity index (χ1) is 17.0. The number of carbonyl (C=O) groups excluding carboxylic acids is 2. The van der Waals surface area contributed by atoms with Crippen LogP contribution in [0.4, 0.5) is 4.39 Å². The number of thiophene rings is 1. The van der Waals surface area contributed by atoms with Crippen LogP contribution in [0.15, 0.2) is 94.7 Å². The highest BCUT2D eigenvalue weighted by Crippen LogP contribution is 2.46. The lowest BCUT2D eigenvalue weighted by Gasteiger charge is -2.36. The summed E-state index contributed by atoms with van der Waals surface area (Å²) in [6.45, 7) is 1.99. The van der Waals surface area contributed by atoms with Gasteiger partial charge in [0.2, 0.25) is 0 Å². The number of ether oxygens (including phenoxy) is 1. The molecular formula is C29H26FNO3S. The van der Waals surface area contributed by atoms with Crippen LogP contribution in [0.25, 0.3) is 0 Å². The predicted molar refractivity (Wildman–Crippen MR) is 134 cm³/mol. The van der Waals surface area contributed by atoms with E-state index in [0.717, 1.165) is 16.1 Å².